The molecule has 2 rings (SSSR count). The summed E-state index contributed by atoms with van der Waals surface area (Å²) < 4.78 is 0. The smallest absolute Gasteiger partial charge is 0.0954 e. The molecule has 2 heterocycles. The maximum atomic E-state index is 5.87. The maximum absolute atomic E-state index is 5.87. The SMILES string of the molecule is CC(C)c1nc(CN2CC[C@@H](N)C2)cs1.Cl.Cl. The van der Waals surface area contributed by atoms with Crippen molar-refractivity contribution >= 4 is 36.2 Å². The van der Waals surface area contributed by atoms with Crippen molar-refractivity contribution in [3.8, 4) is 0 Å². The molecule has 1 fully saturated rings. The number of halogens is 2. The first-order valence-electron chi connectivity index (χ1n) is 5.57. The molecule has 1 aromatic rings. The quantitative estimate of drug-likeness (QED) is 0.933. The predicted octanol–water partition coefficient (Wildman–Crippen LogP) is 2.64. The van der Waals surface area contributed by atoms with Gasteiger partial charge in [-0.05, 0) is 6.42 Å². The lowest BCUT2D eigenvalue weighted by Gasteiger charge is -2.12. The third kappa shape index (κ3) is 4.72. The average molecular weight is 298 g/mol. The van der Waals surface area contributed by atoms with E-state index in [0.29, 0.717) is 12.0 Å². The molecule has 1 atom stereocenters. The second kappa shape index (κ2) is 7.54. The second-order valence-electron chi connectivity index (χ2n) is 4.62. The number of nitrogens with two attached hydrogens (primary N) is 1. The molecule has 0 spiro atoms. The Balaban J connectivity index is 0.00000128. The van der Waals surface area contributed by atoms with Gasteiger partial charge in [0.15, 0.2) is 0 Å². The van der Waals surface area contributed by atoms with E-state index in [9.17, 15) is 0 Å². The standard InChI is InChI=1S/C11H19N3S.2ClH/c1-8(2)11-13-10(7-15-11)6-14-4-3-9(12)5-14;;/h7-9H,3-6,12H2,1-2H3;2*1H/t9-;;/m1../s1. The van der Waals surface area contributed by atoms with E-state index in [0.717, 1.165) is 26.1 Å². The number of hydrogen-bond donors (Lipinski definition) is 1. The highest BCUT2D eigenvalue weighted by atomic mass is 35.5. The summed E-state index contributed by atoms with van der Waals surface area (Å²) in [7, 11) is 0. The minimum absolute atomic E-state index is 0. The second-order valence-corrected chi connectivity index (χ2v) is 5.51. The summed E-state index contributed by atoms with van der Waals surface area (Å²) in [5, 5.41) is 3.42. The fourth-order valence-electron chi connectivity index (χ4n) is 1.90. The number of nitrogens with zero attached hydrogens (tertiary/aromatic N) is 2. The van der Waals surface area contributed by atoms with Crippen LogP contribution in [0.4, 0.5) is 0 Å². The summed E-state index contributed by atoms with van der Waals surface area (Å²) in [4.78, 5) is 7.03. The lowest BCUT2D eigenvalue weighted by atomic mass is 10.2. The van der Waals surface area contributed by atoms with E-state index < -0.39 is 0 Å². The van der Waals surface area contributed by atoms with Gasteiger partial charge in [0.1, 0.15) is 0 Å². The summed E-state index contributed by atoms with van der Waals surface area (Å²) in [6.45, 7) is 7.49. The van der Waals surface area contributed by atoms with E-state index in [1.807, 2.05) is 0 Å². The Hall–Kier alpha value is 0.130. The summed E-state index contributed by atoms with van der Waals surface area (Å²) in [5.74, 6) is 0.546. The molecule has 0 bridgehead atoms. The monoisotopic (exact) mass is 297 g/mol. The molecule has 6 heteroatoms. The highest BCUT2D eigenvalue weighted by Gasteiger charge is 2.19. The van der Waals surface area contributed by atoms with Crippen molar-refractivity contribution in [2.75, 3.05) is 13.1 Å². The minimum atomic E-state index is 0. The van der Waals surface area contributed by atoms with Gasteiger partial charge in [-0.25, -0.2) is 4.98 Å². The zero-order valence-electron chi connectivity index (χ0n) is 10.3. The van der Waals surface area contributed by atoms with Crippen LogP contribution in [0.3, 0.4) is 0 Å². The van der Waals surface area contributed by atoms with Crippen LogP contribution in [0.5, 0.6) is 0 Å². The molecule has 0 aliphatic carbocycles. The van der Waals surface area contributed by atoms with E-state index in [1.54, 1.807) is 11.3 Å². The number of hydrogen-bond acceptors (Lipinski definition) is 4. The average Bonchev–Trinajstić information content (AvgIpc) is 2.76. The van der Waals surface area contributed by atoms with Gasteiger partial charge in [-0.3, -0.25) is 4.90 Å². The van der Waals surface area contributed by atoms with Crippen molar-refractivity contribution in [2.24, 2.45) is 5.73 Å². The number of thiazole rings is 1. The maximum Gasteiger partial charge on any atom is 0.0954 e. The van der Waals surface area contributed by atoms with E-state index in [4.69, 9.17) is 5.73 Å². The van der Waals surface area contributed by atoms with Crippen LogP contribution in [0.25, 0.3) is 0 Å². The molecule has 17 heavy (non-hydrogen) atoms. The van der Waals surface area contributed by atoms with Gasteiger partial charge >= 0.3 is 0 Å². The molecule has 3 nitrogen and oxygen atoms in total. The molecular weight excluding hydrogens is 277 g/mol. The van der Waals surface area contributed by atoms with Crippen molar-refractivity contribution in [3.63, 3.8) is 0 Å². The van der Waals surface area contributed by atoms with Gasteiger partial charge in [0.05, 0.1) is 10.7 Å². The van der Waals surface area contributed by atoms with Crippen LogP contribution in [-0.2, 0) is 6.54 Å². The molecule has 1 aliphatic rings. The molecule has 0 saturated carbocycles. The number of likely N-dealkylation sites (tertiary alicyclic amines) is 1. The fraction of sp³-hybridized carbons (Fsp3) is 0.727. The van der Waals surface area contributed by atoms with Gasteiger partial charge in [0.25, 0.3) is 0 Å². The largest absolute Gasteiger partial charge is 0.326 e. The van der Waals surface area contributed by atoms with Crippen LogP contribution in [0.2, 0.25) is 0 Å². The Morgan fingerprint density at radius 1 is 1.53 bits per heavy atom. The summed E-state index contributed by atoms with van der Waals surface area (Å²) in [6, 6.07) is 0.369. The topological polar surface area (TPSA) is 42.2 Å². The van der Waals surface area contributed by atoms with Gasteiger partial charge in [-0.1, -0.05) is 13.8 Å². The van der Waals surface area contributed by atoms with Crippen molar-refractivity contribution in [2.45, 2.75) is 38.8 Å². The van der Waals surface area contributed by atoms with Crippen molar-refractivity contribution in [1.82, 2.24) is 9.88 Å². The lowest BCUT2D eigenvalue weighted by Crippen LogP contribution is -2.26. The Morgan fingerprint density at radius 2 is 2.24 bits per heavy atom. The third-order valence-electron chi connectivity index (χ3n) is 2.76. The zero-order chi connectivity index (χ0) is 10.8. The summed E-state index contributed by atoms with van der Waals surface area (Å²) in [6.07, 6.45) is 1.13. The van der Waals surface area contributed by atoms with Crippen molar-refractivity contribution < 1.29 is 0 Å². The molecule has 1 saturated heterocycles. The van der Waals surface area contributed by atoms with Crippen LogP contribution in [-0.4, -0.2) is 29.0 Å². The Kier molecular flexibility index (Phi) is 7.60. The predicted molar refractivity (Wildman–Crippen MR) is 78.6 cm³/mol. The van der Waals surface area contributed by atoms with Gasteiger partial charge in [-0.15, -0.1) is 36.2 Å². The number of aromatic nitrogens is 1. The normalized spacial score (nSPS) is 20.1. The zero-order valence-corrected chi connectivity index (χ0v) is 12.7. The Labute approximate surface area is 120 Å². The molecule has 0 radical (unpaired) electrons. The third-order valence-corrected chi connectivity index (χ3v) is 3.95. The number of rotatable bonds is 3. The van der Waals surface area contributed by atoms with E-state index in [1.165, 1.54) is 10.7 Å². The summed E-state index contributed by atoms with van der Waals surface area (Å²) >= 11 is 1.77. The fourth-order valence-corrected chi connectivity index (χ4v) is 2.72. The van der Waals surface area contributed by atoms with Crippen LogP contribution >= 0.6 is 36.2 Å². The molecular formula is C11H21Cl2N3S. The van der Waals surface area contributed by atoms with Crippen LogP contribution in [0.15, 0.2) is 5.38 Å². The van der Waals surface area contributed by atoms with E-state index in [-0.39, 0.29) is 24.8 Å². The first-order valence-corrected chi connectivity index (χ1v) is 6.45. The lowest BCUT2D eigenvalue weighted by molar-refractivity contribution is 0.323. The van der Waals surface area contributed by atoms with Crippen molar-refractivity contribution in [3.05, 3.63) is 16.1 Å². The first kappa shape index (κ1) is 17.1. The Morgan fingerprint density at radius 3 is 2.71 bits per heavy atom. The van der Waals surface area contributed by atoms with E-state index >= 15 is 0 Å². The highest BCUT2D eigenvalue weighted by molar-refractivity contribution is 7.09. The molecule has 2 N–H and O–H groups in total. The van der Waals surface area contributed by atoms with Gasteiger partial charge < -0.3 is 5.73 Å². The summed E-state index contributed by atoms with van der Waals surface area (Å²) in [5.41, 5.74) is 7.08. The van der Waals surface area contributed by atoms with Crippen LogP contribution < -0.4 is 5.73 Å². The van der Waals surface area contributed by atoms with Crippen LogP contribution in [0, 0.1) is 0 Å². The first-order chi connectivity index (χ1) is 7.15. The van der Waals surface area contributed by atoms with Crippen LogP contribution in [0.1, 0.15) is 36.9 Å². The van der Waals surface area contributed by atoms with Gasteiger partial charge in [-0.2, -0.15) is 0 Å². The van der Waals surface area contributed by atoms with Gasteiger partial charge in [0.2, 0.25) is 0 Å². The Bertz CT molecular complexity index is 330. The molecule has 1 aliphatic heterocycles. The molecule has 0 aromatic carbocycles. The minimum Gasteiger partial charge on any atom is -0.326 e. The molecule has 0 unspecified atom stereocenters. The highest BCUT2D eigenvalue weighted by Crippen LogP contribution is 2.20. The van der Waals surface area contributed by atoms with Gasteiger partial charge in [0, 0.05) is 37.0 Å². The van der Waals surface area contributed by atoms with Crippen molar-refractivity contribution in [1.29, 1.82) is 0 Å². The molecule has 100 valence electrons. The molecule has 0 amide bonds. The van der Waals surface area contributed by atoms with E-state index in [2.05, 4.69) is 29.1 Å². The molecule has 1 aromatic heterocycles.